The van der Waals surface area contributed by atoms with Crippen molar-refractivity contribution in [2.24, 2.45) is 0 Å². The first-order valence-corrected chi connectivity index (χ1v) is 9.06. The van der Waals surface area contributed by atoms with Gasteiger partial charge in [0.1, 0.15) is 0 Å². The second-order valence-electron chi connectivity index (χ2n) is 7.39. The molecule has 0 aliphatic heterocycles. The predicted octanol–water partition coefficient (Wildman–Crippen LogP) is 2.53. The molecule has 136 valence electrons. The summed E-state index contributed by atoms with van der Waals surface area (Å²) >= 11 is 0. The zero-order chi connectivity index (χ0) is 18.3. The van der Waals surface area contributed by atoms with Gasteiger partial charge in [-0.05, 0) is 44.6 Å². The number of rotatable bonds is 7. The Morgan fingerprint density at radius 1 is 1.16 bits per heavy atom. The summed E-state index contributed by atoms with van der Waals surface area (Å²) in [6.45, 7) is 1.91. The molecule has 1 aliphatic rings. The molecule has 1 amide bonds. The van der Waals surface area contributed by atoms with Crippen LogP contribution in [-0.4, -0.2) is 53.6 Å². The molecule has 25 heavy (non-hydrogen) atoms. The van der Waals surface area contributed by atoms with Crippen LogP contribution in [0.25, 0.3) is 0 Å². The highest BCUT2D eigenvalue weighted by atomic mass is 16.3. The zero-order valence-electron chi connectivity index (χ0n) is 15.4. The van der Waals surface area contributed by atoms with Gasteiger partial charge in [0, 0.05) is 19.6 Å². The molecule has 0 spiro atoms. The van der Waals surface area contributed by atoms with E-state index in [-0.39, 0.29) is 12.3 Å². The maximum atomic E-state index is 12.9. The molecule has 2 rings (SSSR count). The van der Waals surface area contributed by atoms with Crippen LogP contribution in [0.1, 0.15) is 49.7 Å². The van der Waals surface area contributed by atoms with Gasteiger partial charge in [-0.15, -0.1) is 0 Å². The number of hydrogen-bond donors (Lipinski definition) is 1. The second kappa shape index (κ2) is 8.98. The topological polar surface area (TPSA) is 67.6 Å². The highest BCUT2D eigenvalue weighted by molar-refractivity contribution is 5.77. The van der Waals surface area contributed by atoms with Crippen LogP contribution in [0, 0.1) is 11.3 Å². The summed E-state index contributed by atoms with van der Waals surface area (Å²) in [6.07, 6.45) is 4.78. The molecule has 1 saturated carbocycles. The first kappa shape index (κ1) is 19.4. The largest absolute Gasteiger partial charge is 0.389 e. The van der Waals surface area contributed by atoms with Gasteiger partial charge in [0.05, 0.1) is 23.7 Å². The molecule has 0 saturated heterocycles. The van der Waals surface area contributed by atoms with Gasteiger partial charge in [-0.25, -0.2) is 0 Å². The number of benzene rings is 1. The first-order valence-electron chi connectivity index (χ1n) is 9.06. The molecule has 1 aliphatic carbocycles. The van der Waals surface area contributed by atoms with E-state index < -0.39 is 5.60 Å². The van der Waals surface area contributed by atoms with Crippen LogP contribution in [0.15, 0.2) is 24.3 Å². The van der Waals surface area contributed by atoms with E-state index in [2.05, 4.69) is 6.07 Å². The van der Waals surface area contributed by atoms with Crippen molar-refractivity contribution in [3.8, 4) is 6.07 Å². The van der Waals surface area contributed by atoms with Gasteiger partial charge >= 0.3 is 0 Å². The third kappa shape index (κ3) is 6.15. The number of nitriles is 1. The molecule has 0 unspecified atom stereocenters. The van der Waals surface area contributed by atoms with E-state index in [1.165, 1.54) is 0 Å². The minimum atomic E-state index is -0.837. The summed E-state index contributed by atoms with van der Waals surface area (Å²) < 4.78 is 0. The second-order valence-corrected chi connectivity index (χ2v) is 7.39. The monoisotopic (exact) mass is 343 g/mol. The van der Waals surface area contributed by atoms with Crippen molar-refractivity contribution >= 4 is 5.91 Å². The summed E-state index contributed by atoms with van der Waals surface area (Å²) in [4.78, 5) is 16.7. The minimum absolute atomic E-state index is 0.00982. The Hall–Kier alpha value is -1.90. The zero-order valence-corrected chi connectivity index (χ0v) is 15.4. The number of aliphatic hydroxyl groups is 1. The van der Waals surface area contributed by atoms with Crippen LogP contribution < -0.4 is 0 Å². The van der Waals surface area contributed by atoms with Gasteiger partial charge in [-0.3, -0.25) is 4.79 Å². The Morgan fingerprint density at radius 3 is 2.36 bits per heavy atom. The van der Waals surface area contributed by atoms with Crippen LogP contribution in [0.3, 0.4) is 0 Å². The standard InChI is InChI=1S/C20H29N3O2/c1-22(2)12-13-23(16-18-8-6-17(15-21)7-9-18)19(24)14-20(25)10-4-3-5-11-20/h6-9,25H,3-5,10-14,16H2,1-2H3. The smallest absolute Gasteiger partial charge is 0.225 e. The van der Waals surface area contributed by atoms with E-state index in [1.54, 1.807) is 12.1 Å². The van der Waals surface area contributed by atoms with Gasteiger partial charge in [-0.1, -0.05) is 31.4 Å². The molecule has 0 aromatic heterocycles. The van der Waals surface area contributed by atoms with Crippen molar-refractivity contribution in [2.75, 3.05) is 27.2 Å². The van der Waals surface area contributed by atoms with Crippen LogP contribution in [0.4, 0.5) is 0 Å². The van der Waals surface area contributed by atoms with E-state index in [1.807, 2.05) is 36.0 Å². The minimum Gasteiger partial charge on any atom is -0.389 e. The molecule has 0 bridgehead atoms. The lowest BCUT2D eigenvalue weighted by Crippen LogP contribution is -2.42. The number of hydrogen-bond acceptors (Lipinski definition) is 4. The number of carbonyl (C=O) groups is 1. The predicted molar refractivity (Wildman–Crippen MR) is 97.8 cm³/mol. The summed E-state index contributed by atoms with van der Waals surface area (Å²) in [5.41, 5.74) is 0.782. The van der Waals surface area contributed by atoms with Crippen molar-refractivity contribution in [3.05, 3.63) is 35.4 Å². The van der Waals surface area contributed by atoms with E-state index >= 15 is 0 Å². The van der Waals surface area contributed by atoms with E-state index in [9.17, 15) is 9.90 Å². The molecule has 1 N–H and O–H groups in total. The van der Waals surface area contributed by atoms with Gasteiger partial charge in [-0.2, -0.15) is 5.26 Å². The molecule has 5 heteroatoms. The van der Waals surface area contributed by atoms with Crippen LogP contribution in [-0.2, 0) is 11.3 Å². The molecule has 1 aromatic carbocycles. The number of nitrogens with zero attached hydrogens (tertiary/aromatic N) is 3. The summed E-state index contributed by atoms with van der Waals surface area (Å²) in [5, 5.41) is 19.6. The lowest BCUT2D eigenvalue weighted by Gasteiger charge is -2.34. The van der Waals surface area contributed by atoms with Crippen LogP contribution in [0.5, 0.6) is 0 Å². The van der Waals surface area contributed by atoms with Gasteiger partial charge < -0.3 is 14.9 Å². The fraction of sp³-hybridized carbons (Fsp3) is 0.600. The molecule has 5 nitrogen and oxygen atoms in total. The third-order valence-corrected chi connectivity index (χ3v) is 4.89. The maximum absolute atomic E-state index is 12.9. The molecule has 0 atom stereocenters. The highest BCUT2D eigenvalue weighted by Crippen LogP contribution is 2.31. The number of carbonyl (C=O) groups excluding carboxylic acids is 1. The number of amides is 1. The normalized spacial score (nSPS) is 16.4. The summed E-state index contributed by atoms with van der Waals surface area (Å²) in [6, 6.07) is 9.45. The summed E-state index contributed by atoms with van der Waals surface area (Å²) in [7, 11) is 3.97. The summed E-state index contributed by atoms with van der Waals surface area (Å²) in [5.74, 6) is 0.00982. The first-order chi connectivity index (χ1) is 11.9. The van der Waals surface area contributed by atoms with Crippen LogP contribution >= 0.6 is 0 Å². The molecular weight excluding hydrogens is 314 g/mol. The van der Waals surface area contributed by atoms with Gasteiger partial charge in [0.2, 0.25) is 5.91 Å². The fourth-order valence-corrected chi connectivity index (χ4v) is 3.30. The molecule has 1 fully saturated rings. The molecule has 1 aromatic rings. The highest BCUT2D eigenvalue weighted by Gasteiger charge is 2.33. The maximum Gasteiger partial charge on any atom is 0.225 e. The third-order valence-electron chi connectivity index (χ3n) is 4.89. The Bertz CT molecular complexity index is 598. The Balaban J connectivity index is 2.05. The SMILES string of the molecule is CN(C)CCN(Cc1ccc(C#N)cc1)C(=O)CC1(O)CCCCC1. The van der Waals surface area contributed by atoms with Gasteiger partial charge in [0.15, 0.2) is 0 Å². The Labute approximate surface area is 150 Å². The van der Waals surface area contributed by atoms with Crippen molar-refractivity contribution in [1.29, 1.82) is 5.26 Å². The van der Waals surface area contributed by atoms with Crippen LogP contribution in [0.2, 0.25) is 0 Å². The van der Waals surface area contributed by atoms with Crippen molar-refractivity contribution in [2.45, 2.75) is 50.7 Å². The van der Waals surface area contributed by atoms with E-state index in [4.69, 9.17) is 5.26 Å². The fourth-order valence-electron chi connectivity index (χ4n) is 3.30. The molecule has 0 radical (unpaired) electrons. The Kier molecular flexibility index (Phi) is 6.98. The Morgan fingerprint density at radius 2 is 1.80 bits per heavy atom. The van der Waals surface area contributed by atoms with E-state index in [0.717, 1.165) is 44.2 Å². The quantitative estimate of drug-likeness (QED) is 0.826. The molecular formula is C20H29N3O2. The lowest BCUT2D eigenvalue weighted by molar-refractivity contribution is -0.138. The lowest BCUT2D eigenvalue weighted by atomic mass is 9.82. The van der Waals surface area contributed by atoms with Gasteiger partial charge in [0.25, 0.3) is 0 Å². The number of likely N-dealkylation sites (N-methyl/N-ethyl adjacent to an activating group) is 1. The average Bonchev–Trinajstić information content (AvgIpc) is 2.59. The van der Waals surface area contributed by atoms with Crippen molar-refractivity contribution in [3.63, 3.8) is 0 Å². The average molecular weight is 343 g/mol. The van der Waals surface area contributed by atoms with E-state index in [0.29, 0.717) is 18.7 Å². The molecule has 0 heterocycles. The van der Waals surface area contributed by atoms with Crippen molar-refractivity contribution in [1.82, 2.24) is 9.80 Å². The van der Waals surface area contributed by atoms with Crippen molar-refractivity contribution < 1.29 is 9.90 Å².